The summed E-state index contributed by atoms with van der Waals surface area (Å²) in [6, 6.07) is 2.20. The van der Waals surface area contributed by atoms with Crippen LogP contribution in [0.2, 0.25) is 0 Å². The van der Waals surface area contributed by atoms with Crippen LogP contribution in [0, 0.1) is 5.92 Å². The number of piperidine rings is 1. The number of amides is 1. The molecule has 5 nitrogen and oxygen atoms in total. The van der Waals surface area contributed by atoms with Crippen LogP contribution in [0.1, 0.15) is 49.8 Å². The summed E-state index contributed by atoms with van der Waals surface area (Å²) in [6.45, 7) is 9.48. The number of aromatic nitrogens is 2. The molecule has 1 aromatic heterocycles. The number of carbonyl (C=O) groups is 1. The Bertz CT molecular complexity index is 443. The second-order valence-corrected chi connectivity index (χ2v) is 5.93. The molecule has 112 valence electrons. The smallest absolute Gasteiger partial charge is 0.271 e. The van der Waals surface area contributed by atoms with Gasteiger partial charge in [-0.2, -0.15) is 5.10 Å². The number of hydrogen-bond donors (Lipinski definition) is 2. The Kier molecular flexibility index (Phi) is 5.17. The zero-order valence-electron chi connectivity index (χ0n) is 12.8. The van der Waals surface area contributed by atoms with Gasteiger partial charge in [-0.15, -0.1) is 0 Å². The van der Waals surface area contributed by atoms with Gasteiger partial charge in [-0.25, -0.2) is 0 Å². The highest BCUT2D eigenvalue weighted by Gasteiger charge is 2.21. The van der Waals surface area contributed by atoms with Crippen LogP contribution in [0.5, 0.6) is 0 Å². The Balaban J connectivity index is 1.80. The highest BCUT2D eigenvalue weighted by Crippen LogP contribution is 2.17. The molecule has 0 aliphatic carbocycles. The first kappa shape index (κ1) is 15.0. The summed E-state index contributed by atoms with van der Waals surface area (Å²) in [6.07, 6.45) is 3.45. The number of H-pyrrole nitrogens is 1. The van der Waals surface area contributed by atoms with Crippen LogP contribution < -0.4 is 5.32 Å². The molecule has 2 heterocycles. The molecule has 1 saturated heterocycles. The zero-order chi connectivity index (χ0) is 14.5. The van der Waals surface area contributed by atoms with Gasteiger partial charge in [-0.05, 0) is 44.7 Å². The standard InChI is InChI=1S/C15H26N4O/c1-4-13-8-14(18-17-13)15(20)16-9-12(3)19-7-5-6-11(2)10-19/h8,11-12H,4-7,9-10H2,1-3H3,(H,16,20)(H,17,18). The second kappa shape index (κ2) is 6.88. The Hall–Kier alpha value is -1.36. The molecule has 2 atom stereocenters. The second-order valence-electron chi connectivity index (χ2n) is 5.93. The van der Waals surface area contributed by atoms with E-state index >= 15 is 0 Å². The van der Waals surface area contributed by atoms with Gasteiger partial charge >= 0.3 is 0 Å². The normalized spacial score (nSPS) is 21.6. The van der Waals surface area contributed by atoms with Gasteiger partial charge in [0.05, 0.1) is 0 Å². The SMILES string of the molecule is CCc1cc(C(=O)NCC(C)N2CCCC(C)C2)n[nH]1. The van der Waals surface area contributed by atoms with Crippen molar-refractivity contribution in [3.63, 3.8) is 0 Å². The molecular formula is C15H26N4O. The summed E-state index contributed by atoms with van der Waals surface area (Å²) >= 11 is 0. The third-order valence-corrected chi connectivity index (χ3v) is 4.11. The fourth-order valence-corrected chi connectivity index (χ4v) is 2.75. The largest absolute Gasteiger partial charge is 0.349 e. The quantitative estimate of drug-likeness (QED) is 0.863. The molecule has 2 rings (SSSR count). The van der Waals surface area contributed by atoms with E-state index in [1.165, 1.54) is 12.8 Å². The number of aryl methyl sites for hydroxylation is 1. The molecule has 2 N–H and O–H groups in total. The van der Waals surface area contributed by atoms with E-state index in [0.29, 0.717) is 18.3 Å². The monoisotopic (exact) mass is 278 g/mol. The van der Waals surface area contributed by atoms with E-state index in [-0.39, 0.29) is 5.91 Å². The van der Waals surface area contributed by atoms with Gasteiger partial charge in [-0.3, -0.25) is 14.8 Å². The first-order chi connectivity index (χ1) is 9.60. The van der Waals surface area contributed by atoms with Crippen molar-refractivity contribution in [2.24, 2.45) is 5.92 Å². The number of hydrogen-bond acceptors (Lipinski definition) is 3. The maximum Gasteiger partial charge on any atom is 0.271 e. The molecule has 2 unspecified atom stereocenters. The van der Waals surface area contributed by atoms with Crippen molar-refractivity contribution in [3.05, 3.63) is 17.5 Å². The van der Waals surface area contributed by atoms with Gasteiger partial charge in [0.1, 0.15) is 5.69 Å². The van der Waals surface area contributed by atoms with Crippen molar-refractivity contribution in [2.45, 2.75) is 46.1 Å². The Labute approximate surface area is 121 Å². The number of rotatable bonds is 5. The van der Waals surface area contributed by atoms with Crippen LogP contribution >= 0.6 is 0 Å². The van der Waals surface area contributed by atoms with Crippen LogP contribution in [-0.2, 0) is 6.42 Å². The molecule has 1 fully saturated rings. The van der Waals surface area contributed by atoms with Gasteiger partial charge in [0.2, 0.25) is 0 Å². The molecule has 0 saturated carbocycles. The molecule has 1 aromatic rings. The Morgan fingerprint density at radius 1 is 1.65 bits per heavy atom. The van der Waals surface area contributed by atoms with E-state index in [1.807, 2.05) is 13.0 Å². The van der Waals surface area contributed by atoms with Crippen molar-refractivity contribution >= 4 is 5.91 Å². The van der Waals surface area contributed by atoms with Crippen molar-refractivity contribution in [1.29, 1.82) is 0 Å². The van der Waals surface area contributed by atoms with Crippen molar-refractivity contribution in [3.8, 4) is 0 Å². The fraction of sp³-hybridized carbons (Fsp3) is 0.733. The lowest BCUT2D eigenvalue weighted by Gasteiger charge is -2.35. The van der Waals surface area contributed by atoms with E-state index in [9.17, 15) is 4.79 Å². The van der Waals surface area contributed by atoms with Gasteiger partial charge < -0.3 is 5.32 Å². The molecule has 5 heteroatoms. The maximum absolute atomic E-state index is 12.0. The van der Waals surface area contributed by atoms with Crippen LogP contribution in [0.4, 0.5) is 0 Å². The third-order valence-electron chi connectivity index (χ3n) is 4.11. The molecule has 1 amide bonds. The minimum absolute atomic E-state index is 0.0853. The van der Waals surface area contributed by atoms with Gasteiger partial charge in [0, 0.05) is 24.8 Å². The highest BCUT2D eigenvalue weighted by atomic mass is 16.1. The molecule has 0 radical (unpaired) electrons. The molecule has 0 bridgehead atoms. The fourth-order valence-electron chi connectivity index (χ4n) is 2.75. The average Bonchev–Trinajstić information content (AvgIpc) is 2.93. The van der Waals surface area contributed by atoms with Crippen molar-refractivity contribution < 1.29 is 4.79 Å². The molecule has 1 aliphatic rings. The van der Waals surface area contributed by atoms with Crippen molar-refractivity contribution in [1.82, 2.24) is 20.4 Å². The van der Waals surface area contributed by atoms with Crippen LogP contribution in [-0.4, -0.2) is 46.7 Å². The number of nitrogens with one attached hydrogen (secondary N) is 2. The van der Waals surface area contributed by atoms with Gasteiger partial charge in [0.25, 0.3) is 5.91 Å². The lowest BCUT2D eigenvalue weighted by Crippen LogP contribution is -2.46. The number of aromatic amines is 1. The Morgan fingerprint density at radius 2 is 2.45 bits per heavy atom. The summed E-state index contributed by atoms with van der Waals surface area (Å²) in [7, 11) is 0. The van der Waals surface area contributed by atoms with E-state index in [1.54, 1.807) is 0 Å². The minimum atomic E-state index is -0.0853. The van der Waals surface area contributed by atoms with Gasteiger partial charge in [-0.1, -0.05) is 13.8 Å². The summed E-state index contributed by atoms with van der Waals surface area (Å²) in [5, 5.41) is 9.90. The topological polar surface area (TPSA) is 61.0 Å². The molecule has 0 spiro atoms. The first-order valence-electron chi connectivity index (χ1n) is 7.66. The third kappa shape index (κ3) is 3.82. The first-order valence-corrected chi connectivity index (χ1v) is 7.66. The summed E-state index contributed by atoms with van der Waals surface area (Å²) in [5.41, 5.74) is 1.48. The van der Waals surface area contributed by atoms with Crippen LogP contribution in [0.3, 0.4) is 0 Å². The van der Waals surface area contributed by atoms with Crippen molar-refractivity contribution in [2.75, 3.05) is 19.6 Å². The highest BCUT2D eigenvalue weighted by molar-refractivity contribution is 5.92. The summed E-state index contributed by atoms with van der Waals surface area (Å²) < 4.78 is 0. The Morgan fingerprint density at radius 3 is 3.10 bits per heavy atom. The number of nitrogens with zero attached hydrogens (tertiary/aromatic N) is 2. The summed E-state index contributed by atoms with van der Waals surface area (Å²) in [4.78, 5) is 14.5. The minimum Gasteiger partial charge on any atom is -0.349 e. The number of carbonyl (C=O) groups excluding carboxylic acids is 1. The molecular weight excluding hydrogens is 252 g/mol. The lowest BCUT2D eigenvalue weighted by molar-refractivity contribution is 0.0912. The van der Waals surface area contributed by atoms with E-state index in [2.05, 4.69) is 34.3 Å². The number of likely N-dealkylation sites (tertiary alicyclic amines) is 1. The predicted molar refractivity (Wildman–Crippen MR) is 79.7 cm³/mol. The maximum atomic E-state index is 12.0. The summed E-state index contributed by atoms with van der Waals surface area (Å²) in [5.74, 6) is 0.679. The molecule has 1 aliphatic heterocycles. The van der Waals surface area contributed by atoms with Crippen LogP contribution in [0.25, 0.3) is 0 Å². The van der Waals surface area contributed by atoms with E-state index < -0.39 is 0 Å². The molecule has 0 aromatic carbocycles. The predicted octanol–water partition coefficient (Wildman–Crippen LogP) is 1.82. The zero-order valence-corrected chi connectivity index (χ0v) is 12.8. The van der Waals surface area contributed by atoms with Gasteiger partial charge in [0.15, 0.2) is 0 Å². The van der Waals surface area contributed by atoms with Crippen LogP contribution in [0.15, 0.2) is 6.07 Å². The lowest BCUT2D eigenvalue weighted by atomic mass is 9.99. The van der Waals surface area contributed by atoms with E-state index in [4.69, 9.17) is 0 Å². The average molecular weight is 278 g/mol. The molecule has 20 heavy (non-hydrogen) atoms. The van der Waals surface area contributed by atoms with E-state index in [0.717, 1.165) is 31.1 Å².